The quantitative estimate of drug-likeness (QED) is 0.527. The molecule has 4 rings (SSSR count). The molecule has 2 N–H and O–H groups in total. The highest BCUT2D eigenvalue weighted by Gasteiger charge is 2.24. The Kier molecular flexibility index (Phi) is 6.74. The second-order valence-electron chi connectivity index (χ2n) is 7.83. The second kappa shape index (κ2) is 10.0. The van der Waals surface area contributed by atoms with Gasteiger partial charge in [0, 0.05) is 18.3 Å². The van der Waals surface area contributed by atoms with Crippen LogP contribution in [0.5, 0.6) is 0 Å². The number of hydrogen-bond acceptors (Lipinski definition) is 8. The number of benzene rings is 1. The molecule has 0 radical (unpaired) electrons. The third-order valence-electron chi connectivity index (χ3n) is 5.69. The topological polar surface area (TPSA) is 119 Å². The van der Waals surface area contributed by atoms with Crippen molar-refractivity contribution < 1.29 is 18.7 Å². The minimum absolute atomic E-state index is 0.0898. The summed E-state index contributed by atoms with van der Waals surface area (Å²) in [6.07, 6.45) is 6.25. The first-order chi connectivity index (χ1) is 15.6. The Labute approximate surface area is 185 Å². The summed E-state index contributed by atoms with van der Waals surface area (Å²) in [7, 11) is 1.44. The van der Waals surface area contributed by atoms with Gasteiger partial charge in [0.1, 0.15) is 5.82 Å². The summed E-state index contributed by atoms with van der Waals surface area (Å²) in [5, 5.41) is 13.2. The summed E-state index contributed by atoms with van der Waals surface area (Å²) in [6, 6.07) is 13.2. The molecule has 0 spiro atoms. The first-order valence-corrected chi connectivity index (χ1v) is 10.6. The number of esters is 1. The van der Waals surface area contributed by atoms with Crippen LogP contribution in [0.15, 0.2) is 53.1 Å². The molecule has 1 aliphatic carbocycles. The normalized spacial score (nSPS) is 18.0. The molecule has 0 atom stereocenters. The average molecular weight is 435 g/mol. The van der Waals surface area contributed by atoms with Gasteiger partial charge in [-0.05, 0) is 67.3 Å². The van der Waals surface area contributed by atoms with Gasteiger partial charge in [0.15, 0.2) is 0 Å². The summed E-state index contributed by atoms with van der Waals surface area (Å²) < 4.78 is 10.1. The highest BCUT2D eigenvalue weighted by atomic mass is 16.5. The van der Waals surface area contributed by atoms with Gasteiger partial charge in [0.05, 0.1) is 7.11 Å². The monoisotopic (exact) mass is 435 g/mol. The lowest BCUT2D eigenvalue weighted by Crippen LogP contribution is -2.17. The van der Waals surface area contributed by atoms with E-state index < -0.39 is 5.91 Å². The van der Waals surface area contributed by atoms with E-state index in [1.165, 1.54) is 12.7 Å². The molecule has 1 amide bonds. The van der Waals surface area contributed by atoms with Crippen LogP contribution in [0.25, 0.3) is 0 Å². The van der Waals surface area contributed by atoms with Crippen LogP contribution in [0.3, 0.4) is 0 Å². The Morgan fingerprint density at radius 3 is 2.53 bits per heavy atom. The molecule has 3 aromatic rings. The third-order valence-corrected chi connectivity index (χ3v) is 5.69. The smallest absolute Gasteiger partial charge is 0.321 e. The SMILES string of the molecule is COC(=O)C[C@H]1CC[C@H](c2ccc(NC(=O)c3nnc(Nc4ccccn4)o3)cc2)CC1. The Balaban J connectivity index is 1.29. The molecular weight excluding hydrogens is 410 g/mol. The van der Waals surface area contributed by atoms with Gasteiger partial charge in [-0.1, -0.05) is 23.3 Å². The van der Waals surface area contributed by atoms with Crippen LogP contribution < -0.4 is 10.6 Å². The van der Waals surface area contributed by atoms with Crippen LogP contribution in [-0.4, -0.2) is 34.2 Å². The van der Waals surface area contributed by atoms with Crippen LogP contribution >= 0.6 is 0 Å². The average Bonchev–Trinajstić information content (AvgIpc) is 3.29. The summed E-state index contributed by atoms with van der Waals surface area (Å²) in [5.41, 5.74) is 1.88. The maximum atomic E-state index is 12.4. The zero-order valence-electron chi connectivity index (χ0n) is 17.8. The van der Waals surface area contributed by atoms with Crippen molar-refractivity contribution in [3.63, 3.8) is 0 Å². The number of aromatic nitrogens is 3. The van der Waals surface area contributed by atoms with Crippen molar-refractivity contribution >= 4 is 29.4 Å². The third kappa shape index (κ3) is 5.48. The molecule has 9 nitrogen and oxygen atoms in total. The van der Waals surface area contributed by atoms with Gasteiger partial charge in [0.25, 0.3) is 0 Å². The fourth-order valence-electron chi connectivity index (χ4n) is 3.95. The van der Waals surface area contributed by atoms with Crippen molar-refractivity contribution in [2.24, 2.45) is 5.92 Å². The van der Waals surface area contributed by atoms with E-state index in [0.29, 0.717) is 29.8 Å². The van der Waals surface area contributed by atoms with Crippen LogP contribution in [-0.2, 0) is 9.53 Å². The van der Waals surface area contributed by atoms with E-state index in [-0.39, 0.29) is 17.9 Å². The molecule has 9 heteroatoms. The Morgan fingerprint density at radius 2 is 1.84 bits per heavy atom. The maximum Gasteiger partial charge on any atom is 0.321 e. The summed E-state index contributed by atoms with van der Waals surface area (Å²) in [5.74, 6) is 0.653. The van der Waals surface area contributed by atoms with E-state index in [1.807, 2.05) is 30.3 Å². The number of ether oxygens (including phenoxy) is 1. The van der Waals surface area contributed by atoms with E-state index in [0.717, 1.165) is 25.7 Å². The van der Waals surface area contributed by atoms with Crippen LogP contribution in [0.2, 0.25) is 0 Å². The van der Waals surface area contributed by atoms with E-state index in [4.69, 9.17) is 9.15 Å². The number of nitrogens with one attached hydrogen (secondary N) is 2. The van der Waals surface area contributed by atoms with Gasteiger partial charge in [-0.3, -0.25) is 14.9 Å². The number of rotatable bonds is 7. The lowest BCUT2D eigenvalue weighted by atomic mass is 9.77. The van der Waals surface area contributed by atoms with E-state index in [1.54, 1.807) is 18.3 Å². The highest BCUT2D eigenvalue weighted by Crippen LogP contribution is 2.37. The van der Waals surface area contributed by atoms with Gasteiger partial charge >= 0.3 is 23.8 Å². The first kappa shape index (κ1) is 21.5. The fourth-order valence-corrected chi connectivity index (χ4v) is 3.95. The molecule has 0 aliphatic heterocycles. The Morgan fingerprint density at radius 1 is 1.06 bits per heavy atom. The first-order valence-electron chi connectivity index (χ1n) is 10.6. The molecule has 2 heterocycles. The lowest BCUT2D eigenvalue weighted by Gasteiger charge is -2.28. The number of anilines is 3. The minimum atomic E-state index is -0.484. The molecule has 0 saturated heterocycles. The molecule has 166 valence electrons. The number of amides is 1. The zero-order valence-corrected chi connectivity index (χ0v) is 17.8. The predicted octanol–water partition coefficient (Wildman–Crippen LogP) is 4.30. The summed E-state index contributed by atoms with van der Waals surface area (Å²) >= 11 is 0. The van der Waals surface area contributed by atoms with E-state index in [9.17, 15) is 9.59 Å². The van der Waals surface area contributed by atoms with Crippen molar-refractivity contribution in [3.8, 4) is 0 Å². The molecule has 1 aliphatic rings. The Hall–Kier alpha value is -3.75. The second-order valence-corrected chi connectivity index (χ2v) is 7.83. The van der Waals surface area contributed by atoms with Crippen molar-refractivity contribution in [2.45, 2.75) is 38.0 Å². The number of pyridine rings is 1. The molecule has 0 bridgehead atoms. The minimum Gasteiger partial charge on any atom is -0.469 e. The lowest BCUT2D eigenvalue weighted by molar-refractivity contribution is -0.142. The summed E-state index contributed by atoms with van der Waals surface area (Å²) in [6.45, 7) is 0. The van der Waals surface area contributed by atoms with Gasteiger partial charge < -0.3 is 14.5 Å². The van der Waals surface area contributed by atoms with E-state index >= 15 is 0 Å². The molecule has 0 unspecified atom stereocenters. The van der Waals surface area contributed by atoms with Crippen molar-refractivity contribution in [1.29, 1.82) is 0 Å². The van der Waals surface area contributed by atoms with Crippen LogP contribution in [0.1, 0.15) is 54.3 Å². The standard InChI is InChI=1S/C23H25N5O4/c1-31-20(29)14-15-5-7-16(8-6-15)17-9-11-18(12-10-17)25-21(30)22-27-28-23(32-22)26-19-4-2-3-13-24-19/h2-4,9-13,15-16H,5-8,14H2,1H3,(H,25,30)(H,24,26,28)/t15-,16-. The molecule has 32 heavy (non-hydrogen) atoms. The number of hydrogen-bond donors (Lipinski definition) is 2. The van der Waals surface area contributed by atoms with E-state index in [2.05, 4.69) is 25.8 Å². The van der Waals surface area contributed by atoms with Gasteiger partial charge in [-0.2, -0.15) is 0 Å². The molecular formula is C23H25N5O4. The molecule has 1 aromatic carbocycles. The number of nitrogens with zero attached hydrogens (tertiary/aromatic N) is 3. The van der Waals surface area contributed by atoms with Crippen molar-refractivity contribution in [1.82, 2.24) is 15.2 Å². The summed E-state index contributed by atoms with van der Waals surface area (Å²) in [4.78, 5) is 28.0. The largest absolute Gasteiger partial charge is 0.469 e. The zero-order chi connectivity index (χ0) is 22.3. The predicted molar refractivity (Wildman–Crippen MR) is 118 cm³/mol. The number of methoxy groups -OCH3 is 1. The van der Waals surface area contributed by atoms with Crippen molar-refractivity contribution in [3.05, 3.63) is 60.1 Å². The number of carbonyl (C=O) groups excluding carboxylic acids is 2. The van der Waals surface area contributed by atoms with Crippen LogP contribution in [0.4, 0.5) is 17.5 Å². The van der Waals surface area contributed by atoms with Gasteiger partial charge in [0.2, 0.25) is 0 Å². The fraction of sp³-hybridized carbons (Fsp3) is 0.348. The van der Waals surface area contributed by atoms with Crippen LogP contribution in [0, 0.1) is 5.92 Å². The van der Waals surface area contributed by atoms with Gasteiger partial charge in [-0.25, -0.2) is 4.98 Å². The highest BCUT2D eigenvalue weighted by molar-refractivity contribution is 6.00. The number of carbonyl (C=O) groups is 2. The maximum absolute atomic E-state index is 12.4. The molecule has 1 fully saturated rings. The molecule has 2 aromatic heterocycles. The Bertz CT molecular complexity index is 1040. The van der Waals surface area contributed by atoms with Crippen molar-refractivity contribution in [2.75, 3.05) is 17.7 Å². The molecule has 1 saturated carbocycles. The van der Waals surface area contributed by atoms with Gasteiger partial charge in [-0.15, -0.1) is 5.10 Å².